The number of rotatable bonds is 0. The van der Waals surface area contributed by atoms with Gasteiger partial charge in [-0.25, -0.2) is 4.79 Å². The van der Waals surface area contributed by atoms with Crippen LogP contribution in [0, 0.1) is 0 Å². The molecule has 0 unspecified atom stereocenters. The normalized spacial score (nSPS) is 8.00. The van der Waals surface area contributed by atoms with E-state index in [0.717, 1.165) is 0 Å². The average Bonchev–Trinajstić information content (AvgIpc) is 1.64. The fourth-order valence-corrected chi connectivity index (χ4v) is 0.383. The van der Waals surface area contributed by atoms with Crippen molar-refractivity contribution >= 4 is 0 Å². The van der Waals surface area contributed by atoms with Crippen LogP contribution in [0.4, 0.5) is 0 Å². The summed E-state index contributed by atoms with van der Waals surface area (Å²) in [6, 6.07) is 1.24. The SMILES string of the molecule is O=c1cc[nH]c(=O)[nH]1.[Ag+]. The predicted octanol–water partition coefficient (Wildman–Crippen LogP) is -0.939. The molecule has 1 aromatic rings. The Kier molecular flexibility index (Phi) is 3.22. The van der Waals surface area contributed by atoms with E-state index in [9.17, 15) is 9.59 Å². The fraction of sp³-hybridized carbons (Fsp3) is 0. The van der Waals surface area contributed by atoms with Crippen molar-refractivity contribution in [2.45, 2.75) is 0 Å². The summed E-state index contributed by atoms with van der Waals surface area (Å²) in [6.07, 6.45) is 1.29. The van der Waals surface area contributed by atoms with Crippen LogP contribution in [-0.4, -0.2) is 9.97 Å². The summed E-state index contributed by atoms with van der Waals surface area (Å²) in [7, 11) is 0. The van der Waals surface area contributed by atoms with Crippen molar-refractivity contribution in [3.05, 3.63) is 33.1 Å². The third-order valence-electron chi connectivity index (χ3n) is 0.686. The van der Waals surface area contributed by atoms with E-state index in [2.05, 4.69) is 4.98 Å². The maximum atomic E-state index is 10.2. The van der Waals surface area contributed by atoms with Crippen LogP contribution in [0.3, 0.4) is 0 Å². The van der Waals surface area contributed by atoms with Crippen LogP contribution in [0.2, 0.25) is 0 Å². The van der Waals surface area contributed by atoms with E-state index >= 15 is 0 Å². The minimum absolute atomic E-state index is 0. The first kappa shape index (κ1) is 8.42. The van der Waals surface area contributed by atoms with Crippen molar-refractivity contribution in [3.8, 4) is 0 Å². The van der Waals surface area contributed by atoms with Crippen LogP contribution in [0.25, 0.3) is 0 Å². The Morgan fingerprint density at radius 1 is 1.33 bits per heavy atom. The molecule has 1 heterocycles. The first-order valence-electron chi connectivity index (χ1n) is 2.07. The predicted molar refractivity (Wildman–Crippen MR) is 27.7 cm³/mol. The van der Waals surface area contributed by atoms with Gasteiger partial charge < -0.3 is 4.98 Å². The minimum atomic E-state index is -0.475. The van der Waals surface area contributed by atoms with E-state index in [-0.39, 0.29) is 27.9 Å². The molecule has 0 atom stereocenters. The van der Waals surface area contributed by atoms with Crippen LogP contribution < -0.4 is 11.2 Å². The second-order valence-corrected chi connectivity index (χ2v) is 1.30. The van der Waals surface area contributed by atoms with E-state index in [0.29, 0.717) is 0 Å². The second-order valence-electron chi connectivity index (χ2n) is 1.30. The Labute approximate surface area is 65.8 Å². The van der Waals surface area contributed by atoms with Crippen LogP contribution in [0.1, 0.15) is 0 Å². The number of aromatic amines is 2. The largest absolute Gasteiger partial charge is 1.00 e. The van der Waals surface area contributed by atoms with Crippen molar-refractivity contribution in [2.75, 3.05) is 0 Å². The maximum absolute atomic E-state index is 10.2. The summed E-state index contributed by atoms with van der Waals surface area (Å²) in [4.78, 5) is 24.7. The Morgan fingerprint density at radius 3 is 2.33 bits per heavy atom. The molecule has 0 saturated heterocycles. The molecule has 1 rings (SSSR count). The van der Waals surface area contributed by atoms with Gasteiger partial charge in [0.15, 0.2) is 0 Å². The standard InChI is InChI=1S/C4H4N2O2.Ag/c7-3-1-2-5-4(8)6-3;/h1-2H,(H2,5,6,7,8);/q;+1. The zero-order valence-electron chi connectivity index (χ0n) is 4.27. The average molecular weight is 220 g/mol. The van der Waals surface area contributed by atoms with Crippen molar-refractivity contribution in [2.24, 2.45) is 0 Å². The molecule has 0 aromatic carbocycles. The smallest absolute Gasteiger partial charge is 0.314 e. The van der Waals surface area contributed by atoms with E-state index in [1.807, 2.05) is 4.98 Å². The van der Waals surface area contributed by atoms with Gasteiger partial charge in [0.2, 0.25) is 0 Å². The van der Waals surface area contributed by atoms with Gasteiger partial charge in [-0.2, -0.15) is 0 Å². The third-order valence-corrected chi connectivity index (χ3v) is 0.686. The Balaban J connectivity index is 0.000000640. The summed E-state index contributed by atoms with van der Waals surface area (Å²) >= 11 is 0. The topological polar surface area (TPSA) is 65.7 Å². The Morgan fingerprint density at radius 2 is 2.00 bits per heavy atom. The molecule has 0 aliphatic carbocycles. The molecule has 5 heteroatoms. The molecule has 0 spiro atoms. The minimum Gasteiger partial charge on any atom is -0.314 e. The van der Waals surface area contributed by atoms with E-state index in [1.54, 1.807) is 0 Å². The van der Waals surface area contributed by atoms with Gasteiger partial charge >= 0.3 is 28.1 Å². The summed E-state index contributed by atoms with van der Waals surface area (Å²) in [5, 5.41) is 0. The third kappa shape index (κ3) is 2.46. The molecule has 0 radical (unpaired) electrons. The van der Waals surface area contributed by atoms with Gasteiger partial charge in [-0.05, 0) is 0 Å². The molecule has 52 valence electrons. The van der Waals surface area contributed by atoms with Crippen molar-refractivity contribution < 1.29 is 22.4 Å². The van der Waals surface area contributed by atoms with Gasteiger partial charge in [-0.1, -0.05) is 0 Å². The van der Waals surface area contributed by atoms with Gasteiger partial charge in [0, 0.05) is 12.3 Å². The quantitative estimate of drug-likeness (QED) is 0.554. The van der Waals surface area contributed by atoms with E-state index < -0.39 is 5.69 Å². The van der Waals surface area contributed by atoms with Crippen LogP contribution in [0.15, 0.2) is 21.9 Å². The summed E-state index contributed by atoms with van der Waals surface area (Å²) in [5.74, 6) is 0. The Bertz CT molecular complexity index is 251. The molecule has 1 aromatic heterocycles. The van der Waals surface area contributed by atoms with Gasteiger partial charge in [-0.3, -0.25) is 9.78 Å². The fourth-order valence-electron chi connectivity index (χ4n) is 0.383. The number of nitrogens with one attached hydrogen (secondary N) is 2. The molecule has 0 bridgehead atoms. The van der Waals surface area contributed by atoms with Crippen LogP contribution >= 0.6 is 0 Å². The molecule has 4 nitrogen and oxygen atoms in total. The molecule has 9 heavy (non-hydrogen) atoms. The zero-order valence-corrected chi connectivity index (χ0v) is 5.75. The summed E-state index contributed by atoms with van der Waals surface area (Å²) < 4.78 is 0. The number of hydrogen-bond donors (Lipinski definition) is 2. The molecule has 0 fully saturated rings. The molecule has 0 aliphatic rings. The zero-order chi connectivity index (χ0) is 5.98. The first-order chi connectivity index (χ1) is 3.79. The van der Waals surface area contributed by atoms with Crippen molar-refractivity contribution in [1.82, 2.24) is 9.97 Å². The van der Waals surface area contributed by atoms with Crippen molar-refractivity contribution in [1.29, 1.82) is 0 Å². The monoisotopic (exact) mass is 219 g/mol. The molecule has 0 saturated carbocycles. The van der Waals surface area contributed by atoms with E-state index in [1.165, 1.54) is 12.3 Å². The second kappa shape index (κ2) is 3.45. The van der Waals surface area contributed by atoms with Crippen molar-refractivity contribution in [3.63, 3.8) is 0 Å². The van der Waals surface area contributed by atoms with Crippen LogP contribution in [-0.2, 0) is 22.4 Å². The molecular weight excluding hydrogens is 216 g/mol. The van der Waals surface area contributed by atoms with Gasteiger partial charge in [0.1, 0.15) is 0 Å². The molecule has 0 aliphatic heterocycles. The number of hydrogen-bond acceptors (Lipinski definition) is 2. The molecule has 0 amide bonds. The first-order valence-corrected chi connectivity index (χ1v) is 2.07. The molecular formula is C4H4AgN2O2+. The Hall–Kier alpha value is -0.580. The molecule has 2 N–H and O–H groups in total. The number of aromatic nitrogens is 2. The van der Waals surface area contributed by atoms with Crippen LogP contribution in [0.5, 0.6) is 0 Å². The summed E-state index contributed by atoms with van der Waals surface area (Å²) in [6.45, 7) is 0. The summed E-state index contributed by atoms with van der Waals surface area (Å²) in [5.41, 5.74) is -0.855. The van der Waals surface area contributed by atoms with E-state index in [4.69, 9.17) is 0 Å². The van der Waals surface area contributed by atoms with Gasteiger partial charge in [0.25, 0.3) is 5.56 Å². The van der Waals surface area contributed by atoms with Gasteiger partial charge in [0.05, 0.1) is 0 Å². The van der Waals surface area contributed by atoms with Gasteiger partial charge in [-0.15, -0.1) is 0 Å². The maximum Gasteiger partial charge on any atom is 1.00 e. The number of H-pyrrole nitrogens is 2.